The highest BCUT2D eigenvalue weighted by molar-refractivity contribution is 5.26. The summed E-state index contributed by atoms with van der Waals surface area (Å²) in [4.78, 5) is 0. The quantitative estimate of drug-likeness (QED) is 0.636. The van der Waals surface area contributed by atoms with Crippen molar-refractivity contribution in [3.63, 3.8) is 0 Å². The number of aryl methyl sites for hydroxylation is 1. The van der Waals surface area contributed by atoms with Crippen LogP contribution in [0.3, 0.4) is 0 Å². The van der Waals surface area contributed by atoms with E-state index in [1.165, 1.54) is 30.4 Å². The second-order valence-corrected chi connectivity index (χ2v) is 4.94. The molecular weight excluding hydrogens is 160 g/mol. The molecule has 0 aromatic carbocycles. The van der Waals surface area contributed by atoms with Crippen molar-refractivity contribution in [2.75, 3.05) is 0 Å². The van der Waals surface area contributed by atoms with Crippen LogP contribution in [0.5, 0.6) is 0 Å². The third-order valence-electron chi connectivity index (χ3n) is 3.53. The Morgan fingerprint density at radius 2 is 2.15 bits per heavy atom. The van der Waals surface area contributed by atoms with Crippen LogP contribution in [0, 0.1) is 12.3 Å². The van der Waals surface area contributed by atoms with Crippen molar-refractivity contribution in [1.82, 2.24) is 0 Å². The van der Waals surface area contributed by atoms with Crippen molar-refractivity contribution in [2.24, 2.45) is 5.41 Å². The lowest BCUT2D eigenvalue weighted by molar-refractivity contribution is 0.330. The molecule has 0 radical (unpaired) electrons. The zero-order valence-corrected chi connectivity index (χ0v) is 8.76. The van der Waals surface area contributed by atoms with E-state index in [4.69, 9.17) is 4.42 Å². The van der Waals surface area contributed by atoms with Crippen LogP contribution < -0.4 is 0 Å². The van der Waals surface area contributed by atoms with Gasteiger partial charge in [-0.25, -0.2) is 0 Å². The number of furan rings is 1. The van der Waals surface area contributed by atoms with Gasteiger partial charge in [0.2, 0.25) is 0 Å². The number of hydrogen-bond acceptors (Lipinski definition) is 1. The zero-order chi connectivity index (χ0) is 9.47. The summed E-state index contributed by atoms with van der Waals surface area (Å²) < 4.78 is 5.25. The van der Waals surface area contributed by atoms with Gasteiger partial charge in [-0.15, -0.1) is 0 Å². The molecule has 0 amide bonds. The van der Waals surface area contributed by atoms with Gasteiger partial charge in [0.05, 0.1) is 12.5 Å². The summed E-state index contributed by atoms with van der Waals surface area (Å²) in [5, 5.41) is 0. The molecule has 0 bridgehead atoms. The molecule has 13 heavy (non-hydrogen) atoms. The van der Waals surface area contributed by atoms with Crippen LogP contribution in [0.1, 0.15) is 50.2 Å². The summed E-state index contributed by atoms with van der Waals surface area (Å²) in [5.41, 5.74) is 3.22. The van der Waals surface area contributed by atoms with Gasteiger partial charge in [0, 0.05) is 0 Å². The van der Waals surface area contributed by atoms with Gasteiger partial charge in [0.1, 0.15) is 0 Å². The molecule has 1 heterocycles. The second-order valence-electron chi connectivity index (χ2n) is 4.94. The first-order valence-electron chi connectivity index (χ1n) is 5.14. The van der Waals surface area contributed by atoms with E-state index in [2.05, 4.69) is 20.8 Å². The van der Waals surface area contributed by atoms with Crippen LogP contribution in [0.25, 0.3) is 0 Å². The van der Waals surface area contributed by atoms with Crippen LogP contribution in [-0.2, 0) is 0 Å². The Balaban J connectivity index is 2.31. The fourth-order valence-electron chi connectivity index (χ4n) is 2.63. The molecule has 1 atom stereocenters. The predicted octanol–water partition coefficient (Wildman–Crippen LogP) is 3.88. The first-order valence-corrected chi connectivity index (χ1v) is 5.14. The van der Waals surface area contributed by atoms with E-state index < -0.39 is 0 Å². The molecule has 1 unspecified atom stereocenters. The SMILES string of the molecule is Cc1cocc1C1CCCC1(C)C. The van der Waals surface area contributed by atoms with Crippen LogP contribution in [0.2, 0.25) is 0 Å². The molecule has 72 valence electrons. The van der Waals surface area contributed by atoms with Gasteiger partial charge >= 0.3 is 0 Å². The molecule has 1 aromatic rings. The van der Waals surface area contributed by atoms with Gasteiger partial charge in [-0.1, -0.05) is 20.3 Å². The zero-order valence-electron chi connectivity index (χ0n) is 8.76. The van der Waals surface area contributed by atoms with Gasteiger partial charge in [-0.3, -0.25) is 0 Å². The number of rotatable bonds is 1. The van der Waals surface area contributed by atoms with Gasteiger partial charge in [-0.05, 0) is 42.2 Å². The average molecular weight is 178 g/mol. The lowest BCUT2D eigenvalue weighted by atomic mass is 9.78. The maximum Gasteiger partial charge on any atom is 0.0940 e. The Morgan fingerprint density at radius 3 is 2.62 bits per heavy atom. The highest BCUT2D eigenvalue weighted by atomic mass is 16.3. The molecule has 2 rings (SSSR count). The van der Waals surface area contributed by atoms with E-state index in [-0.39, 0.29) is 0 Å². The largest absolute Gasteiger partial charge is 0.472 e. The Hall–Kier alpha value is -0.720. The third kappa shape index (κ3) is 1.41. The molecule has 0 N–H and O–H groups in total. The van der Waals surface area contributed by atoms with Crippen molar-refractivity contribution < 1.29 is 4.42 Å². The minimum Gasteiger partial charge on any atom is -0.472 e. The summed E-state index contributed by atoms with van der Waals surface area (Å²) in [6.45, 7) is 6.89. The van der Waals surface area contributed by atoms with Crippen molar-refractivity contribution in [3.05, 3.63) is 23.7 Å². The fourth-order valence-corrected chi connectivity index (χ4v) is 2.63. The Kier molecular flexibility index (Phi) is 1.98. The van der Waals surface area contributed by atoms with Crippen molar-refractivity contribution in [3.8, 4) is 0 Å². The first kappa shape index (κ1) is 8.86. The fraction of sp³-hybridized carbons (Fsp3) is 0.667. The maximum absolute atomic E-state index is 5.25. The molecule has 1 aromatic heterocycles. The first-order chi connectivity index (χ1) is 6.11. The smallest absolute Gasteiger partial charge is 0.0940 e. The minimum atomic E-state index is 0.467. The number of hydrogen-bond donors (Lipinski definition) is 0. The molecule has 1 aliphatic carbocycles. The molecule has 1 heteroatoms. The minimum absolute atomic E-state index is 0.467. The van der Waals surface area contributed by atoms with Gasteiger partial charge in [-0.2, -0.15) is 0 Å². The molecule has 1 fully saturated rings. The molecule has 1 aliphatic rings. The monoisotopic (exact) mass is 178 g/mol. The van der Waals surface area contributed by atoms with Crippen LogP contribution in [-0.4, -0.2) is 0 Å². The second kappa shape index (κ2) is 2.90. The standard InChI is InChI=1S/C12H18O/c1-9-7-13-8-10(9)11-5-4-6-12(11,2)3/h7-8,11H,4-6H2,1-3H3. The van der Waals surface area contributed by atoms with Crippen molar-refractivity contribution >= 4 is 0 Å². The molecule has 1 nitrogen and oxygen atoms in total. The highest BCUT2D eigenvalue weighted by Crippen LogP contribution is 2.49. The topological polar surface area (TPSA) is 13.1 Å². The van der Waals surface area contributed by atoms with E-state index in [0.29, 0.717) is 11.3 Å². The average Bonchev–Trinajstić information content (AvgIpc) is 2.56. The lowest BCUT2D eigenvalue weighted by Crippen LogP contribution is -2.15. The normalized spacial score (nSPS) is 26.5. The molecule has 0 aliphatic heterocycles. The van der Waals surface area contributed by atoms with Crippen LogP contribution in [0.15, 0.2) is 16.9 Å². The van der Waals surface area contributed by atoms with E-state index in [0.717, 1.165) is 0 Å². The van der Waals surface area contributed by atoms with E-state index in [1.807, 2.05) is 12.5 Å². The third-order valence-corrected chi connectivity index (χ3v) is 3.53. The highest BCUT2D eigenvalue weighted by Gasteiger charge is 2.36. The summed E-state index contributed by atoms with van der Waals surface area (Å²) in [7, 11) is 0. The lowest BCUT2D eigenvalue weighted by Gasteiger charge is -2.26. The molecule has 0 saturated heterocycles. The maximum atomic E-state index is 5.25. The van der Waals surface area contributed by atoms with E-state index >= 15 is 0 Å². The van der Waals surface area contributed by atoms with Crippen molar-refractivity contribution in [1.29, 1.82) is 0 Å². The summed E-state index contributed by atoms with van der Waals surface area (Å²) in [5.74, 6) is 0.714. The van der Waals surface area contributed by atoms with E-state index in [1.54, 1.807) is 0 Å². The molecule has 1 saturated carbocycles. The Morgan fingerprint density at radius 1 is 1.38 bits per heavy atom. The molecule has 0 spiro atoms. The Labute approximate surface area is 80.1 Å². The van der Waals surface area contributed by atoms with E-state index in [9.17, 15) is 0 Å². The van der Waals surface area contributed by atoms with Gasteiger partial charge < -0.3 is 4.42 Å². The van der Waals surface area contributed by atoms with Gasteiger partial charge in [0.25, 0.3) is 0 Å². The van der Waals surface area contributed by atoms with Crippen LogP contribution >= 0.6 is 0 Å². The molecular formula is C12H18O. The summed E-state index contributed by atoms with van der Waals surface area (Å²) in [6, 6.07) is 0. The summed E-state index contributed by atoms with van der Waals surface area (Å²) >= 11 is 0. The predicted molar refractivity (Wildman–Crippen MR) is 53.8 cm³/mol. The van der Waals surface area contributed by atoms with Gasteiger partial charge in [0.15, 0.2) is 0 Å². The van der Waals surface area contributed by atoms with Crippen LogP contribution in [0.4, 0.5) is 0 Å². The summed E-state index contributed by atoms with van der Waals surface area (Å²) in [6.07, 6.45) is 7.84. The van der Waals surface area contributed by atoms with Crippen molar-refractivity contribution in [2.45, 2.75) is 46.0 Å². The Bertz CT molecular complexity index is 296.